The number of hydrogen-bond acceptors (Lipinski definition) is 3. The molecule has 0 spiro atoms. The van der Waals surface area contributed by atoms with Crippen molar-refractivity contribution < 1.29 is 9.52 Å². The molecule has 1 unspecified atom stereocenters. The summed E-state index contributed by atoms with van der Waals surface area (Å²) in [6, 6.07) is 5.46. The van der Waals surface area contributed by atoms with Gasteiger partial charge in [0.15, 0.2) is 12.0 Å². The second-order valence-electron chi connectivity index (χ2n) is 2.76. The van der Waals surface area contributed by atoms with Crippen molar-refractivity contribution in [3.8, 4) is 0 Å². The van der Waals surface area contributed by atoms with E-state index in [9.17, 15) is 5.11 Å². The van der Waals surface area contributed by atoms with Crippen LogP contribution >= 0.6 is 0 Å². The molecule has 1 heterocycles. The van der Waals surface area contributed by atoms with E-state index in [4.69, 9.17) is 4.42 Å². The number of nitrogens with zero attached hydrogens (tertiary/aromatic N) is 1. The smallest absolute Gasteiger partial charge is 0.181 e. The summed E-state index contributed by atoms with van der Waals surface area (Å²) in [5, 5.41) is 9.26. The molecule has 1 aromatic carbocycles. The van der Waals surface area contributed by atoms with Gasteiger partial charge < -0.3 is 9.52 Å². The fourth-order valence-corrected chi connectivity index (χ4v) is 1.13. The summed E-state index contributed by atoms with van der Waals surface area (Å²) in [5.41, 5.74) is 2.39. The molecule has 0 saturated heterocycles. The quantitative estimate of drug-likeness (QED) is 0.698. The predicted octanol–water partition coefficient (Wildman–Crippen LogP) is 1.88. The zero-order valence-electron chi connectivity index (χ0n) is 6.69. The summed E-state index contributed by atoms with van der Waals surface area (Å²) in [7, 11) is 0. The molecule has 2 aromatic rings. The highest BCUT2D eigenvalue weighted by molar-refractivity contribution is 5.72. The lowest BCUT2D eigenvalue weighted by Crippen LogP contribution is -1.89. The Balaban J connectivity index is 2.60. The van der Waals surface area contributed by atoms with Crippen molar-refractivity contribution in [3.63, 3.8) is 0 Å². The topological polar surface area (TPSA) is 46.3 Å². The number of hydrogen-bond donors (Lipinski definition) is 1. The highest BCUT2D eigenvalue weighted by atomic mass is 16.3. The zero-order valence-corrected chi connectivity index (χ0v) is 6.69. The van der Waals surface area contributed by atoms with E-state index < -0.39 is 6.10 Å². The van der Waals surface area contributed by atoms with Crippen LogP contribution in [0.25, 0.3) is 11.1 Å². The summed E-state index contributed by atoms with van der Waals surface area (Å²) >= 11 is 0. The Morgan fingerprint density at radius 2 is 2.33 bits per heavy atom. The van der Waals surface area contributed by atoms with Crippen LogP contribution < -0.4 is 0 Å². The van der Waals surface area contributed by atoms with E-state index in [1.54, 1.807) is 6.92 Å². The van der Waals surface area contributed by atoms with Crippen LogP contribution in [0, 0.1) is 0 Å². The largest absolute Gasteiger partial charge is 0.443 e. The molecule has 0 saturated carbocycles. The van der Waals surface area contributed by atoms with Crippen molar-refractivity contribution in [2.24, 2.45) is 0 Å². The van der Waals surface area contributed by atoms with Gasteiger partial charge in [0.1, 0.15) is 5.52 Å². The van der Waals surface area contributed by atoms with Gasteiger partial charge in [0, 0.05) is 0 Å². The van der Waals surface area contributed by atoms with Gasteiger partial charge in [-0.2, -0.15) is 0 Å². The molecule has 1 N–H and O–H groups in total. The predicted molar refractivity (Wildman–Crippen MR) is 44.6 cm³/mol. The van der Waals surface area contributed by atoms with Crippen LogP contribution in [-0.2, 0) is 0 Å². The van der Waals surface area contributed by atoms with Crippen LogP contribution in [0.5, 0.6) is 0 Å². The third-order valence-electron chi connectivity index (χ3n) is 1.84. The molecule has 62 valence electrons. The Morgan fingerprint density at radius 3 is 3.08 bits per heavy atom. The number of benzene rings is 1. The minimum Gasteiger partial charge on any atom is -0.443 e. The molecule has 3 nitrogen and oxygen atoms in total. The molecule has 1 aromatic heterocycles. The average molecular weight is 163 g/mol. The number of rotatable bonds is 1. The van der Waals surface area contributed by atoms with E-state index in [1.165, 1.54) is 6.39 Å². The van der Waals surface area contributed by atoms with Gasteiger partial charge in [0.25, 0.3) is 0 Å². The maximum atomic E-state index is 9.26. The Kier molecular flexibility index (Phi) is 1.59. The summed E-state index contributed by atoms with van der Waals surface area (Å²) in [5.74, 6) is 0. The highest BCUT2D eigenvalue weighted by Crippen LogP contribution is 2.18. The normalized spacial score (nSPS) is 13.5. The van der Waals surface area contributed by atoms with Crippen molar-refractivity contribution in [1.29, 1.82) is 0 Å². The van der Waals surface area contributed by atoms with Gasteiger partial charge in [-0.3, -0.25) is 0 Å². The average Bonchev–Trinajstić information content (AvgIpc) is 2.49. The van der Waals surface area contributed by atoms with Crippen LogP contribution in [0.4, 0.5) is 0 Å². The van der Waals surface area contributed by atoms with Crippen molar-refractivity contribution in [2.75, 3.05) is 0 Å². The zero-order chi connectivity index (χ0) is 8.55. The lowest BCUT2D eigenvalue weighted by molar-refractivity contribution is 0.199. The molecule has 1 atom stereocenters. The van der Waals surface area contributed by atoms with Crippen molar-refractivity contribution >= 4 is 11.1 Å². The summed E-state index contributed by atoms with van der Waals surface area (Å²) in [4.78, 5) is 3.98. The summed E-state index contributed by atoms with van der Waals surface area (Å²) in [6.45, 7) is 1.72. The molecule has 0 aliphatic rings. The summed E-state index contributed by atoms with van der Waals surface area (Å²) in [6.07, 6.45) is 0.947. The highest BCUT2D eigenvalue weighted by Gasteiger charge is 2.03. The van der Waals surface area contributed by atoms with E-state index in [1.807, 2.05) is 18.2 Å². The number of oxazole rings is 1. The maximum absolute atomic E-state index is 9.26. The lowest BCUT2D eigenvalue weighted by Gasteiger charge is -2.01. The maximum Gasteiger partial charge on any atom is 0.181 e. The Labute approximate surface area is 69.7 Å². The molecule has 3 heteroatoms. The SMILES string of the molecule is CC(O)c1ccc2ocnc2c1. The Bertz CT molecular complexity index is 392. The first kappa shape index (κ1) is 7.31. The van der Waals surface area contributed by atoms with E-state index >= 15 is 0 Å². The number of aliphatic hydroxyl groups is 1. The van der Waals surface area contributed by atoms with Crippen molar-refractivity contribution in [3.05, 3.63) is 30.2 Å². The van der Waals surface area contributed by atoms with E-state index in [2.05, 4.69) is 4.98 Å². The van der Waals surface area contributed by atoms with Crippen LogP contribution in [0.2, 0.25) is 0 Å². The molecular weight excluding hydrogens is 154 g/mol. The molecule has 0 bridgehead atoms. The molecule has 0 fully saturated rings. The molecule has 0 aliphatic carbocycles. The first-order valence-electron chi connectivity index (χ1n) is 3.78. The first-order valence-corrected chi connectivity index (χ1v) is 3.78. The summed E-state index contributed by atoms with van der Waals surface area (Å²) < 4.78 is 5.06. The van der Waals surface area contributed by atoms with Crippen molar-refractivity contribution in [2.45, 2.75) is 13.0 Å². The van der Waals surface area contributed by atoms with Crippen LogP contribution in [-0.4, -0.2) is 10.1 Å². The third kappa shape index (κ3) is 1.08. The molecule has 2 rings (SSSR count). The first-order chi connectivity index (χ1) is 5.77. The standard InChI is InChI=1S/C9H9NO2/c1-6(11)7-2-3-9-8(4-7)10-5-12-9/h2-6,11H,1H3. The lowest BCUT2D eigenvalue weighted by atomic mass is 10.1. The van der Waals surface area contributed by atoms with Crippen molar-refractivity contribution in [1.82, 2.24) is 4.98 Å². The van der Waals surface area contributed by atoms with Crippen LogP contribution in [0.3, 0.4) is 0 Å². The van der Waals surface area contributed by atoms with Gasteiger partial charge in [0.05, 0.1) is 6.10 Å². The molecule has 12 heavy (non-hydrogen) atoms. The van der Waals surface area contributed by atoms with Gasteiger partial charge in [-0.15, -0.1) is 0 Å². The van der Waals surface area contributed by atoms with Gasteiger partial charge in [-0.25, -0.2) is 4.98 Å². The van der Waals surface area contributed by atoms with Gasteiger partial charge >= 0.3 is 0 Å². The van der Waals surface area contributed by atoms with Gasteiger partial charge in [-0.05, 0) is 24.6 Å². The second-order valence-corrected chi connectivity index (χ2v) is 2.76. The monoisotopic (exact) mass is 163 g/mol. The van der Waals surface area contributed by atoms with E-state index in [0.29, 0.717) is 0 Å². The minimum absolute atomic E-state index is 0.453. The van der Waals surface area contributed by atoms with Gasteiger partial charge in [0.2, 0.25) is 0 Å². The molecular formula is C9H9NO2. The third-order valence-corrected chi connectivity index (χ3v) is 1.84. The number of fused-ring (bicyclic) bond motifs is 1. The van der Waals surface area contributed by atoms with Gasteiger partial charge in [-0.1, -0.05) is 6.07 Å². The van der Waals surface area contributed by atoms with Crippen LogP contribution in [0.15, 0.2) is 29.0 Å². The minimum atomic E-state index is -0.453. The second kappa shape index (κ2) is 2.60. The fraction of sp³-hybridized carbons (Fsp3) is 0.222. The fourth-order valence-electron chi connectivity index (χ4n) is 1.13. The Hall–Kier alpha value is -1.35. The molecule has 0 radical (unpaired) electrons. The van der Waals surface area contributed by atoms with Crippen LogP contribution in [0.1, 0.15) is 18.6 Å². The van der Waals surface area contributed by atoms with E-state index in [0.717, 1.165) is 16.7 Å². The molecule has 0 aliphatic heterocycles. The number of aliphatic hydroxyl groups excluding tert-OH is 1. The Morgan fingerprint density at radius 1 is 1.50 bits per heavy atom. The molecule has 0 amide bonds. The number of aromatic nitrogens is 1. The van der Waals surface area contributed by atoms with E-state index in [-0.39, 0.29) is 0 Å².